The van der Waals surface area contributed by atoms with E-state index in [0.717, 1.165) is 9.87 Å². The summed E-state index contributed by atoms with van der Waals surface area (Å²) in [7, 11) is -0.680. The molecular formula is C19H23N3O4S. The molecule has 0 aromatic heterocycles. The number of sulfonamides is 1. The van der Waals surface area contributed by atoms with Crippen molar-refractivity contribution in [3.8, 4) is 0 Å². The van der Waals surface area contributed by atoms with E-state index in [0.29, 0.717) is 23.4 Å². The first-order valence-corrected chi connectivity index (χ1v) is 9.73. The molecule has 144 valence electrons. The van der Waals surface area contributed by atoms with Gasteiger partial charge in [-0.05, 0) is 42.3 Å². The smallest absolute Gasteiger partial charge is 0.255 e. The number of hydrogen-bond donors (Lipinski definition) is 2. The van der Waals surface area contributed by atoms with Crippen molar-refractivity contribution in [1.29, 1.82) is 0 Å². The number of aryl methyl sites for hydroxylation is 1. The largest absolute Gasteiger partial charge is 0.352 e. The molecule has 0 bridgehead atoms. The quantitative estimate of drug-likeness (QED) is 0.791. The van der Waals surface area contributed by atoms with Crippen molar-refractivity contribution in [2.45, 2.75) is 25.3 Å². The Bertz CT molecular complexity index is 951. The molecule has 0 aliphatic heterocycles. The fraction of sp³-hybridized carbons (Fsp3) is 0.263. The van der Waals surface area contributed by atoms with Crippen molar-refractivity contribution in [3.63, 3.8) is 0 Å². The Labute approximate surface area is 159 Å². The average molecular weight is 389 g/mol. The maximum Gasteiger partial charge on any atom is 0.255 e. The second-order valence-electron chi connectivity index (χ2n) is 6.33. The van der Waals surface area contributed by atoms with Crippen molar-refractivity contribution < 1.29 is 18.0 Å². The van der Waals surface area contributed by atoms with E-state index in [9.17, 15) is 18.0 Å². The third kappa shape index (κ3) is 5.15. The molecule has 0 radical (unpaired) electrons. The van der Waals surface area contributed by atoms with Crippen molar-refractivity contribution in [1.82, 2.24) is 9.62 Å². The predicted octanol–water partition coefficient (Wildman–Crippen LogP) is 2.13. The Morgan fingerprint density at radius 3 is 2.22 bits per heavy atom. The molecule has 0 aliphatic carbocycles. The normalized spacial score (nSPS) is 11.3. The lowest BCUT2D eigenvalue weighted by molar-refractivity contribution is -0.119. The molecule has 0 aliphatic rings. The molecule has 0 atom stereocenters. The van der Waals surface area contributed by atoms with Gasteiger partial charge in [-0.2, -0.15) is 0 Å². The number of amides is 2. The SMILES string of the molecule is CC(=O)NCc1ccc(C(=O)Nc2ccc(C)c(S(=O)(=O)N(C)C)c2)cc1. The number of anilines is 1. The fourth-order valence-corrected chi connectivity index (χ4v) is 3.50. The molecule has 0 heterocycles. The molecule has 2 N–H and O–H groups in total. The summed E-state index contributed by atoms with van der Waals surface area (Å²) in [6.45, 7) is 3.53. The highest BCUT2D eigenvalue weighted by atomic mass is 32.2. The van der Waals surface area contributed by atoms with Gasteiger partial charge < -0.3 is 10.6 Å². The van der Waals surface area contributed by atoms with Gasteiger partial charge in [-0.1, -0.05) is 18.2 Å². The summed E-state index contributed by atoms with van der Waals surface area (Å²) in [5.74, 6) is -0.474. The Morgan fingerprint density at radius 2 is 1.67 bits per heavy atom. The van der Waals surface area contributed by atoms with Gasteiger partial charge in [-0.25, -0.2) is 12.7 Å². The molecule has 0 saturated heterocycles. The van der Waals surface area contributed by atoms with Gasteiger partial charge in [-0.3, -0.25) is 9.59 Å². The Kier molecular flexibility index (Phi) is 6.35. The van der Waals surface area contributed by atoms with Gasteiger partial charge in [0, 0.05) is 38.8 Å². The van der Waals surface area contributed by atoms with Gasteiger partial charge >= 0.3 is 0 Å². The lowest BCUT2D eigenvalue weighted by Crippen LogP contribution is -2.23. The predicted molar refractivity (Wildman–Crippen MR) is 104 cm³/mol. The van der Waals surface area contributed by atoms with E-state index in [2.05, 4.69) is 10.6 Å². The van der Waals surface area contributed by atoms with Crippen LogP contribution in [0.1, 0.15) is 28.4 Å². The minimum Gasteiger partial charge on any atom is -0.352 e. The molecule has 8 heteroatoms. The molecule has 27 heavy (non-hydrogen) atoms. The maximum absolute atomic E-state index is 12.4. The second-order valence-corrected chi connectivity index (χ2v) is 8.45. The van der Waals surface area contributed by atoms with Crippen molar-refractivity contribution >= 4 is 27.5 Å². The van der Waals surface area contributed by atoms with Crippen LogP contribution in [0.5, 0.6) is 0 Å². The zero-order valence-corrected chi connectivity index (χ0v) is 16.6. The first kappa shape index (κ1) is 20.6. The molecule has 2 aromatic rings. The minimum atomic E-state index is -3.60. The lowest BCUT2D eigenvalue weighted by Gasteiger charge is -2.15. The average Bonchev–Trinajstić information content (AvgIpc) is 2.61. The van der Waals surface area contributed by atoms with Crippen LogP contribution in [0.3, 0.4) is 0 Å². The molecular weight excluding hydrogens is 366 g/mol. The first-order valence-electron chi connectivity index (χ1n) is 8.29. The standard InChI is InChI=1S/C19H23N3O4S/c1-13-5-10-17(11-18(13)27(25,26)22(3)4)21-19(24)16-8-6-15(7-9-16)12-20-14(2)23/h5-11H,12H2,1-4H3,(H,20,23)(H,21,24). The van der Waals surface area contributed by atoms with E-state index >= 15 is 0 Å². The lowest BCUT2D eigenvalue weighted by atomic mass is 10.1. The highest BCUT2D eigenvalue weighted by Crippen LogP contribution is 2.23. The topological polar surface area (TPSA) is 95.6 Å². The molecule has 2 amide bonds. The van der Waals surface area contributed by atoms with E-state index in [1.807, 2.05) is 0 Å². The van der Waals surface area contributed by atoms with Gasteiger partial charge in [0.15, 0.2) is 0 Å². The van der Waals surface area contributed by atoms with Gasteiger partial charge in [-0.15, -0.1) is 0 Å². The summed E-state index contributed by atoms with van der Waals surface area (Å²) >= 11 is 0. The van der Waals surface area contributed by atoms with Crippen LogP contribution >= 0.6 is 0 Å². The van der Waals surface area contributed by atoms with E-state index in [1.54, 1.807) is 43.3 Å². The van der Waals surface area contributed by atoms with Crippen LogP contribution < -0.4 is 10.6 Å². The zero-order chi connectivity index (χ0) is 20.2. The molecule has 0 unspecified atom stereocenters. The number of rotatable bonds is 6. The summed E-state index contributed by atoms with van der Waals surface area (Å²) in [6.07, 6.45) is 0. The van der Waals surface area contributed by atoms with Crippen LogP contribution in [-0.4, -0.2) is 38.6 Å². The molecule has 0 fully saturated rings. The van der Waals surface area contributed by atoms with Gasteiger partial charge in [0.25, 0.3) is 5.91 Å². The van der Waals surface area contributed by atoms with E-state index < -0.39 is 10.0 Å². The van der Waals surface area contributed by atoms with Crippen molar-refractivity contribution in [2.75, 3.05) is 19.4 Å². The maximum atomic E-state index is 12.4. The third-order valence-corrected chi connectivity index (χ3v) is 5.92. The monoisotopic (exact) mass is 389 g/mol. The molecule has 2 aromatic carbocycles. The number of nitrogens with zero attached hydrogens (tertiary/aromatic N) is 1. The van der Waals surface area contributed by atoms with Gasteiger partial charge in [0.2, 0.25) is 15.9 Å². The Hall–Kier alpha value is -2.71. The summed E-state index contributed by atoms with van der Waals surface area (Å²) in [4.78, 5) is 23.5. The number of benzene rings is 2. The number of carbonyl (C=O) groups excluding carboxylic acids is 2. The molecule has 2 rings (SSSR count). The summed E-state index contributed by atoms with van der Waals surface area (Å²) in [5, 5.41) is 5.40. The minimum absolute atomic E-state index is 0.125. The van der Waals surface area contributed by atoms with Crippen molar-refractivity contribution in [3.05, 3.63) is 59.2 Å². The molecule has 7 nitrogen and oxygen atoms in total. The van der Waals surface area contributed by atoms with E-state index in [-0.39, 0.29) is 16.7 Å². The van der Waals surface area contributed by atoms with Crippen LogP contribution in [-0.2, 0) is 21.4 Å². The summed E-state index contributed by atoms with van der Waals surface area (Å²) in [6, 6.07) is 11.6. The summed E-state index contributed by atoms with van der Waals surface area (Å²) in [5.41, 5.74) is 2.30. The zero-order valence-electron chi connectivity index (χ0n) is 15.7. The molecule has 0 spiro atoms. The second kappa shape index (κ2) is 8.32. The highest BCUT2D eigenvalue weighted by Gasteiger charge is 2.20. The number of hydrogen-bond acceptors (Lipinski definition) is 4. The summed E-state index contributed by atoms with van der Waals surface area (Å²) < 4.78 is 25.9. The third-order valence-electron chi connectivity index (χ3n) is 3.96. The van der Waals surface area contributed by atoms with Crippen LogP contribution in [0, 0.1) is 6.92 Å². The van der Waals surface area contributed by atoms with Crippen LogP contribution in [0.25, 0.3) is 0 Å². The van der Waals surface area contributed by atoms with E-state index in [4.69, 9.17) is 0 Å². The van der Waals surface area contributed by atoms with Crippen LogP contribution in [0.4, 0.5) is 5.69 Å². The van der Waals surface area contributed by atoms with Crippen LogP contribution in [0.15, 0.2) is 47.4 Å². The highest BCUT2D eigenvalue weighted by molar-refractivity contribution is 7.89. The molecule has 0 saturated carbocycles. The Balaban J connectivity index is 2.17. The van der Waals surface area contributed by atoms with Gasteiger partial charge in [0.1, 0.15) is 0 Å². The van der Waals surface area contributed by atoms with E-state index in [1.165, 1.54) is 27.1 Å². The number of nitrogens with one attached hydrogen (secondary N) is 2. The first-order chi connectivity index (χ1) is 12.6. The van der Waals surface area contributed by atoms with Crippen molar-refractivity contribution in [2.24, 2.45) is 0 Å². The Morgan fingerprint density at radius 1 is 1.04 bits per heavy atom. The number of carbonyl (C=O) groups is 2. The van der Waals surface area contributed by atoms with Gasteiger partial charge in [0.05, 0.1) is 4.90 Å². The van der Waals surface area contributed by atoms with Crippen LogP contribution in [0.2, 0.25) is 0 Å². The fourth-order valence-electron chi connectivity index (χ4n) is 2.36.